The number of carbonyl (C=O) groups excluding carboxylic acids is 1. The van der Waals surface area contributed by atoms with E-state index < -0.39 is 0 Å². The smallest absolute Gasteiger partial charge is 0.287 e. The molecule has 0 saturated carbocycles. The summed E-state index contributed by atoms with van der Waals surface area (Å²) in [5.74, 6) is -0.267. The van der Waals surface area contributed by atoms with Crippen LogP contribution in [0.2, 0.25) is 0 Å². The van der Waals surface area contributed by atoms with Crippen molar-refractivity contribution >= 4 is 21.8 Å². The van der Waals surface area contributed by atoms with Crippen LogP contribution in [0, 0.1) is 5.82 Å². The van der Waals surface area contributed by atoms with Crippen LogP contribution in [0.4, 0.5) is 4.39 Å². The van der Waals surface area contributed by atoms with Crippen LogP contribution in [0.5, 0.6) is 0 Å². The number of nitrogens with one attached hydrogen (secondary N) is 2. The van der Waals surface area contributed by atoms with Gasteiger partial charge >= 0.3 is 0 Å². The molecular formula is C17H19BrFN2O3+. The highest BCUT2D eigenvalue weighted by atomic mass is 79.9. The van der Waals surface area contributed by atoms with Crippen molar-refractivity contribution in [2.24, 2.45) is 0 Å². The van der Waals surface area contributed by atoms with E-state index in [1.54, 1.807) is 24.3 Å². The lowest BCUT2D eigenvalue weighted by Gasteiger charge is -2.31. The highest BCUT2D eigenvalue weighted by Gasteiger charge is 2.27. The van der Waals surface area contributed by atoms with E-state index in [0.717, 1.165) is 18.7 Å². The van der Waals surface area contributed by atoms with Gasteiger partial charge in [-0.1, -0.05) is 12.1 Å². The summed E-state index contributed by atoms with van der Waals surface area (Å²) in [5, 5.41) is 2.91. The Balaban J connectivity index is 1.71. The molecule has 128 valence electrons. The summed E-state index contributed by atoms with van der Waals surface area (Å²) >= 11 is 3.19. The van der Waals surface area contributed by atoms with Gasteiger partial charge in [-0.25, -0.2) is 4.39 Å². The van der Waals surface area contributed by atoms with E-state index in [1.807, 2.05) is 0 Å². The van der Waals surface area contributed by atoms with Crippen LogP contribution in [0.1, 0.15) is 22.2 Å². The summed E-state index contributed by atoms with van der Waals surface area (Å²) in [6.45, 7) is 3.52. The van der Waals surface area contributed by atoms with Gasteiger partial charge in [-0.15, -0.1) is 0 Å². The average Bonchev–Trinajstić information content (AvgIpc) is 3.04. The van der Waals surface area contributed by atoms with Crippen LogP contribution in [0.15, 0.2) is 45.5 Å². The SMILES string of the molecule is O=C(NC[C@@H](c1ccc(F)cc1)[NH+]1CCOCC1)c1ccc(Br)o1. The van der Waals surface area contributed by atoms with Gasteiger partial charge in [0.15, 0.2) is 10.4 Å². The predicted molar refractivity (Wildman–Crippen MR) is 89.4 cm³/mol. The van der Waals surface area contributed by atoms with Crippen molar-refractivity contribution in [2.45, 2.75) is 6.04 Å². The summed E-state index contributed by atoms with van der Waals surface area (Å²) in [6, 6.07) is 9.79. The van der Waals surface area contributed by atoms with Gasteiger partial charge in [-0.3, -0.25) is 4.79 Å². The lowest BCUT2D eigenvalue weighted by Crippen LogP contribution is -3.15. The standard InChI is InChI=1S/C17H18BrFN2O3/c18-16-6-5-15(24-16)17(22)20-11-14(21-7-9-23-10-8-21)12-1-3-13(19)4-2-12/h1-6,14H,7-11H2,(H,20,22)/p+1/t14-/m0/s1. The van der Waals surface area contributed by atoms with E-state index in [0.29, 0.717) is 24.4 Å². The number of amides is 1. The van der Waals surface area contributed by atoms with Crippen LogP contribution >= 0.6 is 15.9 Å². The first-order valence-corrected chi connectivity index (χ1v) is 8.64. The number of benzene rings is 1. The molecule has 0 bridgehead atoms. The van der Waals surface area contributed by atoms with Crippen LogP contribution in [0.3, 0.4) is 0 Å². The zero-order valence-electron chi connectivity index (χ0n) is 13.1. The van der Waals surface area contributed by atoms with Gasteiger partial charge in [0.05, 0.1) is 19.8 Å². The van der Waals surface area contributed by atoms with Crippen molar-refractivity contribution in [3.8, 4) is 0 Å². The maximum atomic E-state index is 13.2. The van der Waals surface area contributed by atoms with E-state index in [4.69, 9.17) is 9.15 Å². The third-order valence-electron chi connectivity index (χ3n) is 4.16. The molecule has 0 spiro atoms. The monoisotopic (exact) mass is 397 g/mol. The fraction of sp³-hybridized carbons (Fsp3) is 0.353. The summed E-state index contributed by atoms with van der Waals surface area (Å²) in [4.78, 5) is 13.5. The Kier molecular flexibility index (Phi) is 5.65. The molecule has 0 unspecified atom stereocenters. The van der Waals surface area contributed by atoms with Crippen LogP contribution < -0.4 is 10.2 Å². The minimum absolute atomic E-state index is 0.0388. The Morgan fingerprint density at radius 1 is 1.21 bits per heavy atom. The van der Waals surface area contributed by atoms with Crippen molar-refractivity contribution in [2.75, 3.05) is 32.8 Å². The second-order valence-electron chi connectivity index (χ2n) is 5.69. The van der Waals surface area contributed by atoms with E-state index in [1.165, 1.54) is 17.0 Å². The van der Waals surface area contributed by atoms with Crippen LogP contribution in [-0.2, 0) is 4.74 Å². The van der Waals surface area contributed by atoms with Gasteiger partial charge in [0, 0.05) is 5.56 Å². The lowest BCUT2D eigenvalue weighted by atomic mass is 10.0. The molecule has 5 nitrogen and oxygen atoms in total. The van der Waals surface area contributed by atoms with Crippen molar-refractivity contribution < 1.29 is 23.2 Å². The van der Waals surface area contributed by atoms with Crippen molar-refractivity contribution in [3.63, 3.8) is 0 Å². The molecule has 2 N–H and O–H groups in total. The largest absolute Gasteiger partial charge is 0.444 e. The fourth-order valence-electron chi connectivity index (χ4n) is 2.89. The van der Waals surface area contributed by atoms with E-state index in [9.17, 15) is 9.18 Å². The maximum Gasteiger partial charge on any atom is 0.287 e. The number of rotatable bonds is 5. The molecule has 1 fully saturated rings. The van der Waals surface area contributed by atoms with Gasteiger partial charge < -0.3 is 19.4 Å². The number of halogens is 2. The Morgan fingerprint density at radius 2 is 1.92 bits per heavy atom. The molecule has 1 amide bonds. The molecular weight excluding hydrogens is 379 g/mol. The number of ether oxygens (including phenoxy) is 1. The number of furan rings is 1. The molecule has 24 heavy (non-hydrogen) atoms. The Bertz CT molecular complexity index is 683. The second kappa shape index (κ2) is 7.92. The van der Waals surface area contributed by atoms with Crippen molar-refractivity contribution in [1.82, 2.24) is 5.32 Å². The molecule has 1 aromatic heterocycles. The first-order valence-electron chi connectivity index (χ1n) is 7.85. The molecule has 7 heteroatoms. The first kappa shape index (κ1) is 17.1. The van der Waals surface area contributed by atoms with E-state index in [-0.39, 0.29) is 23.5 Å². The molecule has 0 radical (unpaired) electrons. The molecule has 1 atom stereocenters. The first-order chi connectivity index (χ1) is 11.6. The van der Waals surface area contributed by atoms with Crippen molar-refractivity contribution in [3.05, 3.63) is 58.2 Å². The normalized spacial score (nSPS) is 16.8. The Labute approximate surface area is 147 Å². The molecule has 1 aliphatic heterocycles. The molecule has 1 aliphatic rings. The van der Waals surface area contributed by atoms with Gasteiger partial charge in [-0.2, -0.15) is 0 Å². The summed E-state index contributed by atoms with van der Waals surface area (Å²) in [6.07, 6.45) is 0. The fourth-order valence-corrected chi connectivity index (χ4v) is 3.20. The zero-order chi connectivity index (χ0) is 16.9. The zero-order valence-corrected chi connectivity index (χ0v) is 14.6. The number of quaternary nitrogens is 1. The molecule has 1 aromatic carbocycles. The molecule has 1 saturated heterocycles. The van der Waals surface area contributed by atoms with Gasteiger partial charge in [0.2, 0.25) is 0 Å². The summed E-state index contributed by atoms with van der Waals surface area (Å²) in [5.41, 5.74) is 0.995. The highest BCUT2D eigenvalue weighted by molar-refractivity contribution is 9.10. The highest BCUT2D eigenvalue weighted by Crippen LogP contribution is 2.15. The lowest BCUT2D eigenvalue weighted by molar-refractivity contribution is -0.937. The molecule has 3 rings (SSSR count). The van der Waals surface area contributed by atoms with Crippen LogP contribution in [-0.4, -0.2) is 38.8 Å². The van der Waals surface area contributed by atoms with Crippen molar-refractivity contribution in [1.29, 1.82) is 0 Å². The molecule has 2 aromatic rings. The third-order valence-corrected chi connectivity index (χ3v) is 4.59. The summed E-state index contributed by atoms with van der Waals surface area (Å²) in [7, 11) is 0. The minimum Gasteiger partial charge on any atom is -0.444 e. The number of hydrogen-bond donors (Lipinski definition) is 2. The van der Waals surface area contributed by atoms with Gasteiger partial charge in [0.1, 0.15) is 24.9 Å². The molecule has 2 heterocycles. The minimum atomic E-state index is -0.265. The second-order valence-corrected chi connectivity index (χ2v) is 6.47. The van der Waals surface area contributed by atoms with E-state index >= 15 is 0 Å². The van der Waals surface area contributed by atoms with Gasteiger partial charge in [-0.05, 0) is 40.2 Å². The average molecular weight is 398 g/mol. The van der Waals surface area contributed by atoms with Crippen LogP contribution in [0.25, 0.3) is 0 Å². The maximum absolute atomic E-state index is 13.2. The Hall–Kier alpha value is -1.70. The quantitative estimate of drug-likeness (QED) is 0.804. The number of carbonyl (C=O) groups is 1. The third kappa shape index (κ3) is 4.23. The predicted octanol–water partition coefficient (Wildman–Crippen LogP) is 1.57. The molecule has 0 aliphatic carbocycles. The Morgan fingerprint density at radius 3 is 2.54 bits per heavy atom. The number of morpholine rings is 1. The topological polar surface area (TPSA) is 55.9 Å². The summed E-state index contributed by atoms with van der Waals surface area (Å²) < 4.78 is 24.4. The van der Waals surface area contributed by atoms with Gasteiger partial charge in [0.25, 0.3) is 5.91 Å². The number of hydrogen-bond acceptors (Lipinski definition) is 3. The van der Waals surface area contributed by atoms with E-state index in [2.05, 4.69) is 21.2 Å².